The Balaban J connectivity index is 2.22. The third-order valence-electron chi connectivity index (χ3n) is 3.77. The van der Waals surface area contributed by atoms with Gasteiger partial charge in [0.2, 0.25) is 5.95 Å². The molecule has 0 fully saturated rings. The molecule has 0 unspecified atom stereocenters. The lowest BCUT2D eigenvalue weighted by atomic mass is 9.86. The fraction of sp³-hybridized carbons (Fsp3) is 0.500. The molecule has 1 heterocycles. The summed E-state index contributed by atoms with van der Waals surface area (Å²) in [7, 11) is 2.03. The number of anilines is 3. The quantitative estimate of drug-likeness (QED) is 0.868. The van der Waals surface area contributed by atoms with Crippen LogP contribution in [0.25, 0.3) is 0 Å². The Morgan fingerprint density at radius 1 is 1.17 bits per heavy atom. The molecule has 0 aliphatic heterocycles. The summed E-state index contributed by atoms with van der Waals surface area (Å²) >= 11 is 0. The lowest BCUT2D eigenvalue weighted by Gasteiger charge is -2.23. The van der Waals surface area contributed by atoms with Crippen LogP contribution in [0.4, 0.5) is 17.5 Å². The Bertz CT molecular complexity index is 633. The van der Waals surface area contributed by atoms with E-state index in [-0.39, 0.29) is 5.41 Å². The van der Waals surface area contributed by atoms with Crippen LogP contribution in [-0.4, -0.2) is 28.8 Å². The van der Waals surface area contributed by atoms with Crippen LogP contribution in [0.15, 0.2) is 30.5 Å². The predicted molar refractivity (Wildman–Crippen MR) is 96.4 cm³/mol. The second-order valence-corrected chi connectivity index (χ2v) is 6.83. The highest BCUT2D eigenvalue weighted by atomic mass is 15.3. The molecule has 0 spiro atoms. The average molecular weight is 313 g/mol. The molecule has 0 aliphatic carbocycles. The number of unbranched alkanes of at least 4 members (excludes halogenated alkanes) is 1. The fourth-order valence-corrected chi connectivity index (χ4v) is 2.41. The van der Waals surface area contributed by atoms with Crippen LogP contribution in [0.5, 0.6) is 0 Å². The number of nitrogens with one attached hydrogen (secondary N) is 1. The number of hydrogen-bond donors (Lipinski definition) is 1. The number of nitrogens with zero attached hydrogens (tertiary/aromatic N) is 4. The Morgan fingerprint density at radius 2 is 1.91 bits per heavy atom. The van der Waals surface area contributed by atoms with Crippen LogP contribution in [0, 0.1) is 0 Å². The summed E-state index contributed by atoms with van der Waals surface area (Å²) in [4.78, 5) is 6.70. The Kier molecular flexibility index (Phi) is 5.53. The molecule has 2 rings (SSSR count). The molecule has 0 saturated carbocycles. The van der Waals surface area contributed by atoms with Crippen molar-refractivity contribution in [2.45, 2.75) is 46.0 Å². The molecular weight excluding hydrogens is 286 g/mol. The van der Waals surface area contributed by atoms with E-state index in [4.69, 9.17) is 0 Å². The van der Waals surface area contributed by atoms with Gasteiger partial charge in [-0.2, -0.15) is 10.1 Å². The summed E-state index contributed by atoms with van der Waals surface area (Å²) < 4.78 is 0. The van der Waals surface area contributed by atoms with Crippen molar-refractivity contribution in [3.63, 3.8) is 0 Å². The van der Waals surface area contributed by atoms with Gasteiger partial charge in [-0.3, -0.25) is 0 Å². The van der Waals surface area contributed by atoms with Gasteiger partial charge >= 0.3 is 0 Å². The Hall–Kier alpha value is -2.17. The zero-order valence-corrected chi connectivity index (χ0v) is 14.8. The van der Waals surface area contributed by atoms with Crippen LogP contribution < -0.4 is 10.2 Å². The van der Waals surface area contributed by atoms with Crippen molar-refractivity contribution >= 4 is 17.5 Å². The maximum atomic E-state index is 4.59. The molecule has 0 radical (unpaired) electrons. The normalized spacial score (nSPS) is 11.3. The maximum absolute atomic E-state index is 4.59. The van der Waals surface area contributed by atoms with Gasteiger partial charge < -0.3 is 10.2 Å². The van der Waals surface area contributed by atoms with E-state index in [2.05, 4.69) is 71.3 Å². The van der Waals surface area contributed by atoms with Crippen LogP contribution in [0.3, 0.4) is 0 Å². The van der Waals surface area contributed by atoms with Crippen molar-refractivity contribution in [1.29, 1.82) is 0 Å². The highest BCUT2D eigenvalue weighted by Crippen LogP contribution is 2.30. The summed E-state index contributed by atoms with van der Waals surface area (Å²) in [5.41, 5.74) is 2.30. The minimum atomic E-state index is 0.0482. The molecule has 0 saturated heterocycles. The van der Waals surface area contributed by atoms with Gasteiger partial charge in [-0.25, -0.2) is 0 Å². The first-order valence-electron chi connectivity index (χ1n) is 8.19. The van der Waals surface area contributed by atoms with E-state index >= 15 is 0 Å². The first-order valence-corrected chi connectivity index (χ1v) is 8.19. The van der Waals surface area contributed by atoms with Gasteiger partial charge in [0.25, 0.3) is 0 Å². The second-order valence-electron chi connectivity index (χ2n) is 6.83. The molecule has 5 heteroatoms. The summed E-state index contributed by atoms with van der Waals surface area (Å²) in [5.74, 6) is 1.37. The molecule has 0 amide bonds. The van der Waals surface area contributed by atoms with Gasteiger partial charge in [-0.15, -0.1) is 5.10 Å². The lowest BCUT2D eigenvalue weighted by Crippen LogP contribution is -2.20. The van der Waals surface area contributed by atoms with Gasteiger partial charge in [0, 0.05) is 19.3 Å². The van der Waals surface area contributed by atoms with Crippen molar-refractivity contribution in [2.75, 3.05) is 23.8 Å². The first kappa shape index (κ1) is 17.2. The van der Waals surface area contributed by atoms with E-state index in [9.17, 15) is 0 Å². The summed E-state index contributed by atoms with van der Waals surface area (Å²) in [6.45, 7) is 9.74. The number of hydrogen-bond acceptors (Lipinski definition) is 5. The van der Waals surface area contributed by atoms with Crippen LogP contribution in [0.2, 0.25) is 0 Å². The predicted octanol–water partition coefficient (Wildman–Crippen LogP) is 4.15. The first-order chi connectivity index (χ1) is 10.9. The van der Waals surface area contributed by atoms with E-state index in [1.807, 2.05) is 13.1 Å². The topological polar surface area (TPSA) is 53.9 Å². The van der Waals surface area contributed by atoms with Crippen LogP contribution >= 0.6 is 0 Å². The summed E-state index contributed by atoms with van der Waals surface area (Å²) in [6, 6.07) is 8.26. The molecule has 2 aromatic rings. The Labute approximate surface area is 139 Å². The summed E-state index contributed by atoms with van der Waals surface area (Å²) in [6.07, 6.45) is 4.00. The van der Waals surface area contributed by atoms with Crippen molar-refractivity contribution in [1.82, 2.24) is 15.2 Å². The molecule has 1 N–H and O–H groups in total. The maximum Gasteiger partial charge on any atom is 0.249 e. The van der Waals surface area contributed by atoms with Gasteiger partial charge in [0.1, 0.15) is 0 Å². The Morgan fingerprint density at radius 3 is 2.61 bits per heavy atom. The SMILES string of the molecule is CCCCN(C)c1cnnc(Nc2ccccc2C(C)(C)C)n1. The number of benzene rings is 1. The fourth-order valence-electron chi connectivity index (χ4n) is 2.41. The molecule has 23 heavy (non-hydrogen) atoms. The summed E-state index contributed by atoms with van der Waals surface area (Å²) in [5, 5.41) is 11.5. The number of aromatic nitrogens is 3. The van der Waals surface area contributed by atoms with Crippen LogP contribution in [0.1, 0.15) is 46.1 Å². The second kappa shape index (κ2) is 7.40. The van der Waals surface area contributed by atoms with Gasteiger partial charge in [0.15, 0.2) is 5.82 Å². The van der Waals surface area contributed by atoms with Crippen LogP contribution in [-0.2, 0) is 5.41 Å². The largest absolute Gasteiger partial charge is 0.358 e. The minimum Gasteiger partial charge on any atom is -0.358 e. The zero-order valence-electron chi connectivity index (χ0n) is 14.8. The van der Waals surface area contributed by atoms with Gasteiger partial charge in [-0.05, 0) is 23.5 Å². The highest BCUT2D eigenvalue weighted by Gasteiger charge is 2.18. The molecular formula is C18H27N5. The van der Waals surface area contributed by atoms with E-state index < -0.39 is 0 Å². The number of para-hydroxylation sites is 1. The van der Waals surface area contributed by atoms with Crippen molar-refractivity contribution in [3.05, 3.63) is 36.0 Å². The molecule has 5 nitrogen and oxygen atoms in total. The van der Waals surface area contributed by atoms with Crippen molar-refractivity contribution < 1.29 is 0 Å². The standard InChI is InChI=1S/C18H27N5/c1-6-7-12-23(5)16-13-19-22-17(21-16)20-15-11-9-8-10-14(15)18(2,3)4/h8-11,13H,6-7,12H2,1-5H3,(H,20,21,22). The van der Waals surface area contributed by atoms with Gasteiger partial charge in [0.05, 0.1) is 6.20 Å². The molecule has 1 aromatic heterocycles. The minimum absolute atomic E-state index is 0.0482. The highest BCUT2D eigenvalue weighted by molar-refractivity contribution is 5.61. The third-order valence-corrected chi connectivity index (χ3v) is 3.77. The van der Waals surface area contributed by atoms with Crippen molar-refractivity contribution in [3.8, 4) is 0 Å². The van der Waals surface area contributed by atoms with Crippen molar-refractivity contribution in [2.24, 2.45) is 0 Å². The average Bonchev–Trinajstić information content (AvgIpc) is 2.52. The monoisotopic (exact) mass is 313 g/mol. The van der Waals surface area contributed by atoms with Gasteiger partial charge in [-0.1, -0.05) is 52.3 Å². The third kappa shape index (κ3) is 4.65. The lowest BCUT2D eigenvalue weighted by molar-refractivity contribution is 0.592. The molecule has 0 aliphatic rings. The van der Waals surface area contributed by atoms with E-state index in [0.717, 1.165) is 30.9 Å². The zero-order chi connectivity index (χ0) is 16.9. The molecule has 0 bridgehead atoms. The molecule has 0 atom stereocenters. The van der Waals surface area contributed by atoms with E-state index in [1.54, 1.807) is 6.20 Å². The van der Waals surface area contributed by atoms with E-state index in [1.165, 1.54) is 5.56 Å². The number of rotatable bonds is 6. The molecule has 1 aromatic carbocycles. The molecule has 124 valence electrons. The smallest absolute Gasteiger partial charge is 0.249 e. The van der Waals surface area contributed by atoms with E-state index in [0.29, 0.717) is 5.95 Å².